The van der Waals surface area contributed by atoms with Crippen LogP contribution in [0.2, 0.25) is 0 Å². The van der Waals surface area contributed by atoms with Gasteiger partial charge in [-0.25, -0.2) is 4.98 Å². The summed E-state index contributed by atoms with van der Waals surface area (Å²) in [5, 5.41) is 3.48. The van der Waals surface area contributed by atoms with Gasteiger partial charge in [0.1, 0.15) is 0 Å². The second kappa shape index (κ2) is 9.26. The van der Waals surface area contributed by atoms with Gasteiger partial charge in [0.15, 0.2) is 0 Å². The number of nitrogens with zero attached hydrogens (tertiary/aromatic N) is 2. The van der Waals surface area contributed by atoms with Crippen LogP contribution in [0.4, 0.5) is 24.5 Å². The number of hydrogen-bond acceptors (Lipinski definition) is 5. The highest BCUT2D eigenvalue weighted by molar-refractivity contribution is 7.62. The fourth-order valence-electron chi connectivity index (χ4n) is 3.00. The van der Waals surface area contributed by atoms with Crippen molar-refractivity contribution in [2.75, 3.05) is 18.5 Å². The normalized spacial score (nSPS) is 12.2. The van der Waals surface area contributed by atoms with E-state index in [0.717, 1.165) is 12.1 Å². The van der Waals surface area contributed by atoms with Gasteiger partial charge in [-0.2, -0.15) is 13.2 Å². The lowest BCUT2D eigenvalue weighted by Crippen LogP contribution is -2.12. The number of alkyl halides is 3. The number of aryl methyl sites for hydroxylation is 1. The Bertz CT molecular complexity index is 1070. The van der Waals surface area contributed by atoms with Crippen molar-refractivity contribution >= 4 is 24.3 Å². The Morgan fingerprint density at radius 2 is 1.71 bits per heavy atom. The lowest BCUT2D eigenvalue weighted by atomic mass is 10.1. The predicted octanol–water partition coefficient (Wildman–Crippen LogP) is 5.74. The van der Waals surface area contributed by atoms with Crippen molar-refractivity contribution in [1.29, 1.82) is 0 Å². The lowest BCUT2D eigenvalue weighted by Gasteiger charge is -2.19. The quantitative estimate of drug-likeness (QED) is 0.441. The molecule has 6 nitrogen and oxygen atoms in total. The first-order valence-corrected chi connectivity index (χ1v) is 11.2. The highest BCUT2D eigenvalue weighted by atomic mass is 31.2. The summed E-state index contributed by atoms with van der Waals surface area (Å²) in [5.41, 5.74) is 1.53. The van der Waals surface area contributed by atoms with Gasteiger partial charge in [-0.1, -0.05) is 0 Å². The molecule has 3 rings (SSSR count). The molecular weight excluding hydrogens is 430 g/mol. The molecule has 31 heavy (non-hydrogen) atoms. The highest BCUT2D eigenvalue weighted by Gasteiger charge is 2.30. The van der Waals surface area contributed by atoms with Crippen LogP contribution >= 0.6 is 7.60 Å². The van der Waals surface area contributed by atoms with E-state index in [2.05, 4.69) is 10.3 Å². The van der Waals surface area contributed by atoms with Crippen molar-refractivity contribution in [3.8, 4) is 11.3 Å². The smallest absolute Gasteiger partial charge is 0.355 e. The minimum atomic E-state index is -4.40. The topological polar surface area (TPSA) is 65.4 Å². The largest absolute Gasteiger partial charge is 0.416 e. The maximum Gasteiger partial charge on any atom is 0.416 e. The van der Waals surface area contributed by atoms with Gasteiger partial charge in [-0.15, -0.1) is 0 Å². The molecule has 2 aromatic carbocycles. The molecule has 1 aromatic heterocycles. The van der Waals surface area contributed by atoms with Crippen LogP contribution < -0.4 is 10.6 Å². The minimum Gasteiger partial charge on any atom is -0.355 e. The van der Waals surface area contributed by atoms with E-state index in [-0.39, 0.29) is 13.2 Å². The molecule has 10 heteroatoms. The van der Waals surface area contributed by atoms with E-state index in [1.165, 1.54) is 12.1 Å². The fourth-order valence-corrected chi connectivity index (χ4v) is 4.60. The standard InChI is InChI=1S/C21H23F3N3O3P/c1-4-29-31(28,30-5-2)17-10-11-19(18(12-17)20-13-27(3)14-25-20)26-16-8-6-15(7-9-16)21(22,23)24/h6-14,26H,4-5H2,1-3H3. The zero-order valence-corrected chi connectivity index (χ0v) is 18.2. The summed E-state index contributed by atoms with van der Waals surface area (Å²) in [4.78, 5) is 4.35. The number of halogens is 3. The highest BCUT2D eigenvalue weighted by Crippen LogP contribution is 2.48. The number of nitrogens with one attached hydrogen (secondary N) is 1. The molecule has 0 bridgehead atoms. The van der Waals surface area contributed by atoms with Gasteiger partial charge in [0.25, 0.3) is 0 Å². The van der Waals surface area contributed by atoms with Crippen molar-refractivity contribution in [2.24, 2.45) is 7.05 Å². The summed E-state index contributed by atoms with van der Waals surface area (Å²) in [6, 6.07) is 9.69. The van der Waals surface area contributed by atoms with Crippen LogP contribution in [-0.4, -0.2) is 22.8 Å². The Balaban J connectivity index is 2.03. The van der Waals surface area contributed by atoms with Crippen LogP contribution in [0, 0.1) is 0 Å². The molecule has 0 spiro atoms. The Kier molecular flexibility index (Phi) is 6.89. The van der Waals surface area contributed by atoms with Crippen molar-refractivity contribution in [2.45, 2.75) is 20.0 Å². The van der Waals surface area contributed by atoms with Crippen molar-refractivity contribution in [3.63, 3.8) is 0 Å². The first kappa shape index (κ1) is 23.1. The molecule has 0 saturated carbocycles. The monoisotopic (exact) mass is 453 g/mol. The number of hydrogen-bond donors (Lipinski definition) is 1. The second-order valence-electron chi connectivity index (χ2n) is 6.69. The van der Waals surface area contributed by atoms with E-state index in [4.69, 9.17) is 9.05 Å². The van der Waals surface area contributed by atoms with Gasteiger partial charge >= 0.3 is 13.8 Å². The number of imidazole rings is 1. The van der Waals surface area contributed by atoms with E-state index < -0.39 is 19.3 Å². The molecule has 0 aliphatic carbocycles. The molecule has 0 saturated heterocycles. The number of rotatable bonds is 8. The Morgan fingerprint density at radius 3 is 2.23 bits per heavy atom. The third-order valence-corrected chi connectivity index (χ3v) is 6.50. The third-order valence-electron chi connectivity index (χ3n) is 4.39. The molecule has 0 fully saturated rings. The minimum absolute atomic E-state index is 0.210. The molecule has 166 valence electrons. The SMILES string of the molecule is CCOP(=O)(OCC)c1ccc(Nc2ccc(C(F)(F)F)cc2)c(-c2cn(C)cn2)c1. The summed E-state index contributed by atoms with van der Waals surface area (Å²) >= 11 is 0. The van der Waals surface area contributed by atoms with Gasteiger partial charge in [-0.3, -0.25) is 4.57 Å². The maximum atomic E-state index is 13.2. The summed E-state index contributed by atoms with van der Waals surface area (Å²) in [7, 11) is -1.71. The summed E-state index contributed by atoms with van der Waals surface area (Å²) in [5.74, 6) is 0. The Morgan fingerprint density at radius 1 is 1.06 bits per heavy atom. The van der Waals surface area contributed by atoms with Crippen molar-refractivity contribution < 1.29 is 26.8 Å². The van der Waals surface area contributed by atoms with Crippen LogP contribution in [0.3, 0.4) is 0 Å². The molecule has 0 aliphatic heterocycles. The van der Waals surface area contributed by atoms with Crippen LogP contribution in [0.5, 0.6) is 0 Å². The molecule has 0 aliphatic rings. The lowest BCUT2D eigenvalue weighted by molar-refractivity contribution is -0.137. The second-order valence-corrected chi connectivity index (χ2v) is 8.72. The average molecular weight is 453 g/mol. The number of anilines is 2. The summed E-state index contributed by atoms with van der Waals surface area (Å²) in [6.45, 7) is 3.88. The molecule has 3 aromatic rings. The van der Waals surface area contributed by atoms with Crippen LogP contribution in [-0.2, 0) is 26.8 Å². The molecular formula is C21H23F3N3O3P. The van der Waals surface area contributed by atoms with E-state index >= 15 is 0 Å². The van der Waals surface area contributed by atoms with Gasteiger partial charge in [0.2, 0.25) is 0 Å². The summed E-state index contributed by atoms with van der Waals surface area (Å²) < 4.78 is 64.3. The van der Waals surface area contributed by atoms with Gasteiger partial charge in [-0.05, 0) is 56.3 Å². The molecule has 0 atom stereocenters. The first-order valence-electron chi connectivity index (χ1n) is 9.62. The van der Waals surface area contributed by atoms with Crippen LogP contribution in [0.15, 0.2) is 55.0 Å². The molecule has 0 amide bonds. The van der Waals surface area contributed by atoms with Gasteiger partial charge < -0.3 is 18.9 Å². The predicted molar refractivity (Wildman–Crippen MR) is 114 cm³/mol. The number of aromatic nitrogens is 2. The van der Waals surface area contributed by atoms with E-state index in [1.54, 1.807) is 49.1 Å². The average Bonchev–Trinajstić information content (AvgIpc) is 3.14. The van der Waals surface area contributed by atoms with Gasteiger partial charge in [0.05, 0.1) is 36.1 Å². The molecule has 0 radical (unpaired) electrons. The number of benzene rings is 2. The third kappa shape index (κ3) is 5.36. The zero-order chi connectivity index (χ0) is 22.6. The van der Waals surface area contributed by atoms with Crippen LogP contribution in [0.25, 0.3) is 11.3 Å². The van der Waals surface area contributed by atoms with E-state index in [0.29, 0.717) is 27.9 Å². The van der Waals surface area contributed by atoms with Crippen molar-refractivity contribution in [3.05, 3.63) is 60.6 Å². The van der Waals surface area contributed by atoms with E-state index in [1.807, 2.05) is 7.05 Å². The Hall–Kier alpha value is -2.61. The zero-order valence-electron chi connectivity index (χ0n) is 17.3. The fraction of sp³-hybridized carbons (Fsp3) is 0.286. The summed E-state index contributed by atoms with van der Waals surface area (Å²) in [6.07, 6.45) is -1.00. The van der Waals surface area contributed by atoms with Crippen LogP contribution in [0.1, 0.15) is 19.4 Å². The molecule has 1 N–H and O–H groups in total. The van der Waals surface area contributed by atoms with Crippen molar-refractivity contribution in [1.82, 2.24) is 9.55 Å². The molecule has 0 unspecified atom stereocenters. The molecule has 1 heterocycles. The first-order chi connectivity index (χ1) is 14.7. The Labute approximate surface area is 178 Å². The maximum absolute atomic E-state index is 13.2. The van der Waals surface area contributed by atoms with Gasteiger partial charge in [0, 0.05) is 30.2 Å². The van der Waals surface area contributed by atoms with E-state index in [9.17, 15) is 17.7 Å².